The van der Waals surface area contributed by atoms with Gasteiger partial charge in [-0.3, -0.25) is 4.79 Å². The minimum atomic E-state index is 0.167. The van der Waals surface area contributed by atoms with Crippen LogP contribution in [0.5, 0.6) is 0 Å². The summed E-state index contributed by atoms with van der Waals surface area (Å²) in [4.78, 5) is 12.9. The SMILES string of the molecule is CC(=O)N1CCC(NCCO)CC1. The molecule has 1 aliphatic heterocycles. The van der Waals surface area contributed by atoms with Crippen LogP contribution in [0.1, 0.15) is 19.8 Å². The summed E-state index contributed by atoms with van der Waals surface area (Å²) in [6.45, 7) is 4.15. The first-order valence-corrected chi connectivity index (χ1v) is 4.84. The second-order valence-corrected chi connectivity index (χ2v) is 3.46. The molecule has 4 heteroatoms. The maximum absolute atomic E-state index is 11.0. The Bertz CT molecular complexity index is 165. The topological polar surface area (TPSA) is 52.6 Å². The van der Waals surface area contributed by atoms with Gasteiger partial charge in [0, 0.05) is 32.6 Å². The van der Waals surface area contributed by atoms with E-state index >= 15 is 0 Å². The Labute approximate surface area is 78.9 Å². The maximum Gasteiger partial charge on any atom is 0.219 e. The van der Waals surface area contributed by atoms with E-state index in [1.165, 1.54) is 0 Å². The number of likely N-dealkylation sites (tertiary alicyclic amines) is 1. The molecule has 0 aromatic carbocycles. The molecule has 13 heavy (non-hydrogen) atoms. The third-order valence-electron chi connectivity index (χ3n) is 2.49. The molecule has 1 heterocycles. The lowest BCUT2D eigenvalue weighted by Gasteiger charge is -2.31. The van der Waals surface area contributed by atoms with Crippen molar-refractivity contribution in [1.82, 2.24) is 10.2 Å². The summed E-state index contributed by atoms with van der Waals surface area (Å²) in [7, 11) is 0. The first-order valence-electron chi connectivity index (χ1n) is 4.84. The van der Waals surface area contributed by atoms with E-state index in [-0.39, 0.29) is 12.5 Å². The molecule has 1 saturated heterocycles. The van der Waals surface area contributed by atoms with Gasteiger partial charge < -0.3 is 15.3 Å². The smallest absolute Gasteiger partial charge is 0.219 e. The Balaban J connectivity index is 2.18. The number of aliphatic hydroxyl groups is 1. The molecule has 0 aromatic heterocycles. The number of carbonyl (C=O) groups excluding carboxylic acids is 1. The highest BCUT2D eigenvalue weighted by Crippen LogP contribution is 2.09. The van der Waals surface area contributed by atoms with Gasteiger partial charge >= 0.3 is 0 Å². The summed E-state index contributed by atoms with van der Waals surface area (Å²) in [5, 5.41) is 11.9. The highest BCUT2D eigenvalue weighted by atomic mass is 16.3. The largest absolute Gasteiger partial charge is 0.395 e. The van der Waals surface area contributed by atoms with Gasteiger partial charge in [-0.05, 0) is 12.8 Å². The van der Waals surface area contributed by atoms with Crippen LogP contribution in [0, 0.1) is 0 Å². The van der Waals surface area contributed by atoms with Crippen molar-refractivity contribution in [1.29, 1.82) is 0 Å². The summed E-state index contributed by atoms with van der Waals surface area (Å²) in [5.74, 6) is 0.167. The van der Waals surface area contributed by atoms with E-state index in [1.807, 2.05) is 4.90 Å². The van der Waals surface area contributed by atoms with Crippen LogP contribution in [0.4, 0.5) is 0 Å². The average molecular weight is 186 g/mol. The Morgan fingerprint density at radius 1 is 1.54 bits per heavy atom. The monoisotopic (exact) mass is 186 g/mol. The number of hydrogen-bond acceptors (Lipinski definition) is 3. The van der Waals surface area contributed by atoms with Gasteiger partial charge in [0.1, 0.15) is 0 Å². The number of hydrogen-bond donors (Lipinski definition) is 2. The van der Waals surface area contributed by atoms with Crippen molar-refractivity contribution in [2.45, 2.75) is 25.8 Å². The van der Waals surface area contributed by atoms with Crippen LogP contribution in [0.3, 0.4) is 0 Å². The van der Waals surface area contributed by atoms with Crippen LogP contribution in [0.25, 0.3) is 0 Å². The first-order chi connectivity index (χ1) is 6.24. The first kappa shape index (κ1) is 10.5. The number of amides is 1. The van der Waals surface area contributed by atoms with Crippen molar-refractivity contribution in [3.63, 3.8) is 0 Å². The van der Waals surface area contributed by atoms with Crippen LogP contribution in [0.15, 0.2) is 0 Å². The summed E-state index contributed by atoms with van der Waals surface area (Å²) in [6.07, 6.45) is 2.00. The number of piperidine rings is 1. The second kappa shape index (κ2) is 5.19. The van der Waals surface area contributed by atoms with E-state index in [2.05, 4.69) is 5.32 Å². The summed E-state index contributed by atoms with van der Waals surface area (Å²) in [6, 6.07) is 0.475. The average Bonchev–Trinajstić information content (AvgIpc) is 2.15. The van der Waals surface area contributed by atoms with Crippen molar-refractivity contribution in [3.05, 3.63) is 0 Å². The molecule has 2 N–H and O–H groups in total. The molecule has 76 valence electrons. The normalized spacial score (nSPS) is 19.1. The molecule has 4 nitrogen and oxygen atoms in total. The predicted octanol–water partition coefficient (Wildman–Crippen LogP) is -0.421. The summed E-state index contributed by atoms with van der Waals surface area (Å²) < 4.78 is 0. The zero-order valence-corrected chi connectivity index (χ0v) is 8.12. The fourth-order valence-electron chi connectivity index (χ4n) is 1.67. The fraction of sp³-hybridized carbons (Fsp3) is 0.889. The van der Waals surface area contributed by atoms with Crippen LogP contribution in [0.2, 0.25) is 0 Å². The zero-order valence-electron chi connectivity index (χ0n) is 8.12. The lowest BCUT2D eigenvalue weighted by Crippen LogP contribution is -2.44. The number of carbonyl (C=O) groups is 1. The molecule has 0 aromatic rings. The van der Waals surface area contributed by atoms with Crippen LogP contribution in [-0.4, -0.2) is 48.2 Å². The highest BCUT2D eigenvalue weighted by molar-refractivity contribution is 5.73. The minimum absolute atomic E-state index is 0.167. The van der Waals surface area contributed by atoms with Gasteiger partial charge in [-0.2, -0.15) is 0 Å². The number of aliphatic hydroxyl groups excluding tert-OH is 1. The molecule has 0 radical (unpaired) electrons. The molecule has 1 rings (SSSR count). The van der Waals surface area contributed by atoms with Gasteiger partial charge in [0.05, 0.1) is 6.61 Å². The lowest BCUT2D eigenvalue weighted by atomic mass is 10.1. The van der Waals surface area contributed by atoms with Crippen LogP contribution in [-0.2, 0) is 4.79 Å². The lowest BCUT2D eigenvalue weighted by molar-refractivity contribution is -0.129. The quantitative estimate of drug-likeness (QED) is 0.629. The van der Waals surface area contributed by atoms with Gasteiger partial charge in [-0.1, -0.05) is 0 Å². The highest BCUT2D eigenvalue weighted by Gasteiger charge is 2.19. The third kappa shape index (κ3) is 3.32. The Kier molecular flexibility index (Phi) is 4.18. The molecule has 0 spiro atoms. The van der Waals surface area contributed by atoms with E-state index in [0.29, 0.717) is 12.6 Å². The molecule has 0 aliphatic carbocycles. The van der Waals surface area contributed by atoms with Gasteiger partial charge in [0.25, 0.3) is 0 Å². The zero-order chi connectivity index (χ0) is 9.68. The van der Waals surface area contributed by atoms with Gasteiger partial charge in [0.2, 0.25) is 5.91 Å². The van der Waals surface area contributed by atoms with E-state index < -0.39 is 0 Å². The van der Waals surface area contributed by atoms with Gasteiger partial charge in [-0.15, -0.1) is 0 Å². The van der Waals surface area contributed by atoms with Gasteiger partial charge in [0.15, 0.2) is 0 Å². The fourth-order valence-corrected chi connectivity index (χ4v) is 1.67. The van der Waals surface area contributed by atoms with E-state index in [4.69, 9.17) is 5.11 Å². The van der Waals surface area contributed by atoms with Crippen molar-refractivity contribution in [3.8, 4) is 0 Å². The Morgan fingerprint density at radius 2 is 2.15 bits per heavy atom. The maximum atomic E-state index is 11.0. The third-order valence-corrected chi connectivity index (χ3v) is 2.49. The standard InChI is InChI=1S/C9H18N2O2/c1-8(13)11-5-2-9(3-6-11)10-4-7-12/h9-10,12H,2-7H2,1H3. The van der Waals surface area contributed by atoms with Crippen molar-refractivity contribution < 1.29 is 9.90 Å². The molecule has 1 amide bonds. The Morgan fingerprint density at radius 3 is 2.62 bits per heavy atom. The molecule has 0 bridgehead atoms. The summed E-state index contributed by atoms with van der Waals surface area (Å²) in [5.41, 5.74) is 0. The predicted molar refractivity (Wildman–Crippen MR) is 50.4 cm³/mol. The molecule has 1 aliphatic rings. The number of nitrogens with one attached hydrogen (secondary N) is 1. The number of nitrogens with zero attached hydrogens (tertiary/aromatic N) is 1. The minimum Gasteiger partial charge on any atom is -0.395 e. The summed E-state index contributed by atoms with van der Waals surface area (Å²) >= 11 is 0. The number of rotatable bonds is 3. The molecular weight excluding hydrogens is 168 g/mol. The van der Waals surface area contributed by atoms with Crippen LogP contribution < -0.4 is 5.32 Å². The Hall–Kier alpha value is -0.610. The molecule has 0 saturated carbocycles. The van der Waals surface area contributed by atoms with E-state index in [9.17, 15) is 4.79 Å². The molecular formula is C9H18N2O2. The van der Waals surface area contributed by atoms with Crippen LogP contribution >= 0.6 is 0 Å². The van der Waals surface area contributed by atoms with E-state index in [0.717, 1.165) is 25.9 Å². The molecule has 1 fully saturated rings. The van der Waals surface area contributed by atoms with Crippen molar-refractivity contribution in [2.24, 2.45) is 0 Å². The molecule has 0 atom stereocenters. The molecule has 0 unspecified atom stereocenters. The second-order valence-electron chi connectivity index (χ2n) is 3.46. The van der Waals surface area contributed by atoms with E-state index in [1.54, 1.807) is 6.92 Å². The van der Waals surface area contributed by atoms with Gasteiger partial charge in [-0.25, -0.2) is 0 Å². The van der Waals surface area contributed by atoms with Crippen molar-refractivity contribution in [2.75, 3.05) is 26.2 Å². The van der Waals surface area contributed by atoms with Crippen molar-refractivity contribution >= 4 is 5.91 Å².